The third-order valence-electron chi connectivity index (χ3n) is 4.09. The van der Waals surface area contributed by atoms with E-state index in [4.69, 9.17) is 9.47 Å². The zero-order valence-electron chi connectivity index (χ0n) is 14.7. The topological polar surface area (TPSA) is 35.5 Å². The summed E-state index contributed by atoms with van der Waals surface area (Å²) in [6.07, 6.45) is 0. The van der Waals surface area contributed by atoms with Gasteiger partial charge in [0.2, 0.25) is 0 Å². The van der Waals surface area contributed by atoms with Crippen molar-refractivity contribution in [3.8, 4) is 22.6 Å². The molecule has 0 N–H and O–H groups in total. The largest absolute Gasteiger partial charge is 0.494 e. The first kappa shape index (κ1) is 17.7. The zero-order chi connectivity index (χ0) is 18.5. The molecule has 3 aromatic carbocycles. The van der Waals surface area contributed by atoms with Crippen LogP contribution in [0.3, 0.4) is 0 Å². The molecular formula is C22H19FO3. The molecule has 0 heterocycles. The molecule has 132 valence electrons. The van der Waals surface area contributed by atoms with Crippen LogP contribution >= 0.6 is 0 Å². The van der Waals surface area contributed by atoms with E-state index in [9.17, 15) is 9.18 Å². The van der Waals surface area contributed by atoms with Gasteiger partial charge in [0.25, 0.3) is 0 Å². The minimum absolute atomic E-state index is 0.106. The SMILES string of the molecule is COc1cccc(-c2ccc(C(C)=O)c(OCc3ccccc3)c2)c1F. The summed E-state index contributed by atoms with van der Waals surface area (Å²) in [6, 6.07) is 19.7. The van der Waals surface area contributed by atoms with E-state index in [0.29, 0.717) is 29.0 Å². The molecule has 0 atom stereocenters. The van der Waals surface area contributed by atoms with Crippen LogP contribution in [-0.2, 0) is 6.61 Å². The predicted octanol–water partition coefficient (Wildman–Crippen LogP) is 5.28. The molecule has 26 heavy (non-hydrogen) atoms. The fourth-order valence-corrected chi connectivity index (χ4v) is 2.73. The number of ketones is 1. The summed E-state index contributed by atoms with van der Waals surface area (Å²) in [7, 11) is 1.43. The second-order valence-electron chi connectivity index (χ2n) is 5.86. The number of ether oxygens (including phenoxy) is 2. The average Bonchev–Trinajstić information content (AvgIpc) is 2.67. The van der Waals surface area contributed by atoms with Gasteiger partial charge in [0.1, 0.15) is 12.4 Å². The summed E-state index contributed by atoms with van der Waals surface area (Å²) in [6.45, 7) is 1.81. The lowest BCUT2D eigenvalue weighted by atomic mass is 10.0. The van der Waals surface area contributed by atoms with Gasteiger partial charge in [-0.3, -0.25) is 4.79 Å². The number of benzene rings is 3. The lowest BCUT2D eigenvalue weighted by Gasteiger charge is -2.13. The van der Waals surface area contributed by atoms with Gasteiger partial charge >= 0.3 is 0 Å². The number of methoxy groups -OCH3 is 1. The Morgan fingerprint density at radius 2 is 1.73 bits per heavy atom. The number of hydrogen-bond acceptors (Lipinski definition) is 3. The molecule has 0 aliphatic carbocycles. The Kier molecular flexibility index (Phi) is 5.32. The maximum absolute atomic E-state index is 14.6. The van der Waals surface area contributed by atoms with Crippen molar-refractivity contribution in [2.45, 2.75) is 13.5 Å². The van der Waals surface area contributed by atoms with Crippen molar-refractivity contribution < 1.29 is 18.7 Å². The zero-order valence-corrected chi connectivity index (χ0v) is 14.7. The molecule has 0 aliphatic heterocycles. The highest BCUT2D eigenvalue weighted by Gasteiger charge is 2.15. The van der Waals surface area contributed by atoms with Crippen LogP contribution in [0.5, 0.6) is 11.5 Å². The van der Waals surface area contributed by atoms with E-state index in [1.54, 1.807) is 36.4 Å². The van der Waals surface area contributed by atoms with Gasteiger partial charge in [-0.15, -0.1) is 0 Å². The molecule has 0 radical (unpaired) electrons. The van der Waals surface area contributed by atoms with Crippen LogP contribution in [0.25, 0.3) is 11.1 Å². The Morgan fingerprint density at radius 1 is 0.962 bits per heavy atom. The molecule has 0 aromatic heterocycles. The molecule has 4 heteroatoms. The molecule has 0 fully saturated rings. The minimum atomic E-state index is -0.445. The molecule has 3 nitrogen and oxygen atoms in total. The van der Waals surface area contributed by atoms with Crippen molar-refractivity contribution in [2.24, 2.45) is 0 Å². The summed E-state index contributed by atoms with van der Waals surface area (Å²) in [5.74, 6) is 0.0521. The summed E-state index contributed by atoms with van der Waals surface area (Å²) < 4.78 is 25.5. The van der Waals surface area contributed by atoms with Gasteiger partial charge in [0.15, 0.2) is 17.3 Å². The molecule has 0 spiro atoms. The number of carbonyl (C=O) groups excluding carboxylic acids is 1. The highest BCUT2D eigenvalue weighted by Crippen LogP contribution is 2.33. The predicted molar refractivity (Wildman–Crippen MR) is 99.2 cm³/mol. The van der Waals surface area contributed by atoms with Crippen molar-refractivity contribution in [1.29, 1.82) is 0 Å². The van der Waals surface area contributed by atoms with E-state index in [-0.39, 0.29) is 11.5 Å². The second kappa shape index (κ2) is 7.83. The quantitative estimate of drug-likeness (QED) is 0.567. The lowest BCUT2D eigenvalue weighted by Crippen LogP contribution is -2.02. The first-order valence-electron chi connectivity index (χ1n) is 8.24. The van der Waals surface area contributed by atoms with E-state index in [1.165, 1.54) is 14.0 Å². The Hall–Kier alpha value is -3.14. The summed E-state index contributed by atoms with van der Waals surface area (Å²) in [4.78, 5) is 11.9. The van der Waals surface area contributed by atoms with Crippen LogP contribution in [-0.4, -0.2) is 12.9 Å². The average molecular weight is 350 g/mol. The van der Waals surface area contributed by atoms with Crippen molar-refractivity contribution in [2.75, 3.05) is 7.11 Å². The van der Waals surface area contributed by atoms with Crippen LogP contribution < -0.4 is 9.47 Å². The van der Waals surface area contributed by atoms with Crippen LogP contribution in [0.1, 0.15) is 22.8 Å². The van der Waals surface area contributed by atoms with Crippen molar-refractivity contribution >= 4 is 5.78 Å². The van der Waals surface area contributed by atoms with Gasteiger partial charge in [-0.25, -0.2) is 4.39 Å². The fourth-order valence-electron chi connectivity index (χ4n) is 2.73. The monoisotopic (exact) mass is 350 g/mol. The van der Waals surface area contributed by atoms with Crippen LogP contribution in [0.2, 0.25) is 0 Å². The van der Waals surface area contributed by atoms with E-state index >= 15 is 0 Å². The first-order valence-corrected chi connectivity index (χ1v) is 8.24. The van der Waals surface area contributed by atoms with E-state index in [0.717, 1.165) is 5.56 Å². The fraction of sp³-hybridized carbons (Fsp3) is 0.136. The molecule has 0 saturated heterocycles. The number of hydrogen-bond donors (Lipinski definition) is 0. The number of rotatable bonds is 6. The Balaban J connectivity index is 1.97. The molecule has 0 aliphatic rings. The summed E-state index contributed by atoms with van der Waals surface area (Å²) in [5.41, 5.74) is 2.46. The molecular weight excluding hydrogens is 331 g/mol. The summed E-state index contributed by atoms with van der Waals surface area (Å²) >= 11 is 0. The van der Waals surface area contributed by atoms with Gasteiger partial charge in [-0.2, -0.15) is 0 Å². The van der Waals surface area contributed by atoms with Crippen LogP contribution in [0.15, 0.2) is 66.7 Å². The molecule has 3 rings (SSSR count). The van der Waals surface area contributed by atoms with Gasteiger partial charge in [0, 0.05) is 5.56 Å². The van der Waals surface area contributed by atoms with Crippen molar-refractivity contribution in [1.82, 2.24) is 0 Å². The van der Waals surface area contributed by atoms with Crippen molar-refractivity contribution in [3.63, 3.8) is 0 Å². The molecule has 0 unspecified atom stereocenters. The smallest absolute Gasteiger partial charge is 0.172 e. The number of halogens is 1. The minimum Gasteiger partial charge on any atom is -0.494 e. The summed E-state index contributed by atoms with van der Waals surface area (Å²) in [5, 5.41) is 0. The van der Waals surface area contributed by atoms with Crippen LogP contribution in [0, 0.1) is 5.82 Å². The third-order valence-corrected chi connectivity index (χ3v) is 4.09. The van der Waals surface area contributed by atoms with Gasteiger partial charge in [-0.05, 0) is 36.2 Å². The Labute approximate surface area is 152 Å². The molecule has 3 aromatic rings. The van der Waals surface area contributed by atoms with Crippen molar-refractivity contribution in [3.05, 3.63) is 83.7 Å². The maximum Gasteiger partial charge on any atom is 0.172 e. The maximum atomic E-state index is 14.6. The van der Waals surface area contributed by atoms with E-state index in [1.807, 2.05) is 30.3 Å². The highest BCUT2D eigenvalue weighted by molar-refractivity contribution is 5.97. The van der Waals surface area contributed by atoms with Gasteiger partial charge in [0.05, 0.1) is 12.7 Å². The standard InChI is InChI=1S/C22H19FO3/c1-15(24)18-12-11-17(19-9-6-10-20(25-2)22(19)23)13-21(18)26-14-16-7-4-3-5-8-16/h3-13H,14H2,1-2H3. The highest BCUT2D eigenvalue weighted by atomic mass is 19.1. The number of carbonyl (C=O) groups is 1. The van der Waals surface area contributed by atoms with E-state index in [2.05, 4.69) is 0 Å². The van der Waals surface area contributed by atoms with Gasteiger partial charge < -0.3 is 9.47 Å². The normalized spacial score (nSPS) is 10.4. The van der Waals surface area contributed by atoms with Gasteiger partial charge in [-0.1, -0.05) is 48.5 Å². The first-order chi connectivity index (χ1) is 12.6. The van der Waals surface area contributed by atoms with E-state index < -0.39 is 5.82 Å². The third kappa shape index (κ3) is 3.75. The lowest BCUT2D eigenvalue weighted by molar-refractivity contribution is 0.101. The Bertz CT molecular complexity index is 920. The van der Waals surface area contributed by atoms with Crippen LogP contribution in [0.4, 0.5) is 4.39 Å². The Morgan fingerprint density at radius 3 is 2.42 bits per heavy atom. The molecule has 0 amide bonds. The number of Topliss-reactive ketones (excluding diaryl/α,β-unsaturated/α-hetero) is 1. The second-order valence-corrected chi connectivity index (χ2v) is 5.86. The molecule has 0 saturated carbocycles. The molecule has 0 bridgehead atoms.